The Morgan fingerprint density at radius 1 is 1.53 bits per heavy atom. The van der Waals surface area contributed by atoms with Gasteiger partial charge in [-0.1, -0.05) is 12.0 Å². The zero-order chi connectivity index (χ0) is 12.4. The third-order valence-corrected chi connectivity index (χ3v) is 2.88. The number of benzene rings is 1. The molecule has 0 aliphatic heterocycles. The number of hydrogen-bond acceptors (Lipinski definition) is 1. The molecule has 0 radical (unpaired) electrons. The van der Waals surface area contributed by atoms with E-state index in [2.05, 4.69) is 10.9 Å². The molecule has 2 N–H and O–H groups in total. The van der Waals surface area contributed by atoms with E-state index < -0.39 is 5.97 Å². The number of aromatic nitrogens is 1. The Balaban J connectivity index is 2.46. The summed E-state index contributed by atoms with van der Waals surface area (Å²) in [7, 11) is 0. The molecule has 2 rings (SSSR count). The molecule has 0 fully saturated rings. The van der Waals surface area contributed by atoms with Crippen LogP contribution in [0.15, 0.2) is 18.2 Å². The van der Waals surface area contributed by atoms with E-state index in [1.54, 1.807) is 0 Å². The number of aryl methyl sites for hydroxylation is 2. The predicted octanol–water partition coefficient (Wildman–Crippen LogP) is 2.47. The van der Waals surface area contributed by atoms with Crippen LogP contribution in [-0.4, -0.2) is 16.1 Å². The molecule has 0 saturated carbocycles. The molecule has 0 aliphatic carbocycles. The number of aromatic amines is 1. The molecular weight excluding hydrogens is 214 g/mol. The number of terminal acetylenes is 1. The highest BCUT2D eigenvalue weighted by Crippen LogP contribution is 2.24. The molecule has 1 aromatic carbocycles. The Morgan fingerprint density at radius 2 is 2.29 bits per heavy atom. The van der Waals surface area contributed by atoms with Crippen molar-refractivity contribution in [3.63, 3.8) is 0 Å². The summed E-state index contributed by atoms with van der Waals surface area (Å²) in [6.07, 6.45) is 6.02. The van der Waals surface area contributed by atoms with Crippen molar-refractivity contribution in [2.75, 3.05) is 0 Å². The lowest BCUT2D eigenvalue weighted by Crippen LogP contribution is -1.97. The summed E-state index contributed by atoms with van der Waals surface area (Å²) in [6.45, 7) is 1.95. The molecule has 0 bridgehead atoms. The molecule has 0 spiro atoms. The molecule has 0 aliphatic rings. The second-order valence-electron chi connectivity index (χ2n) is 4.03. The number of carbonyl (C=O) groups is 1. The van der Waals surface area contributed by atoms with E-state index in [1.807, 2.05) is 25.1 Å². The Labute approximate surface area is 99.5 Å². The Bertz CT molecular complexity index is 617. The second kappa shape index (κ2) is 4.34. The minimum absolute atomic E-state index is 0.144. The fourth-order valence-electron chi connectivity index (χ4n) is 2.03. The molecular formula is C14H13NO2. The minimum Gasteiger partial charge on any atom is -0.481 e. The summed E-state index contributed by atoms with van der Waals surface area (Å²) < 4.78 is 0. The minimum atomic E-state index is -0.779. The fraction of sp³-hybridized carbons (Fsp3) is 0.214. The molecule has 0 amide bonds. The van der Waals surface area contributed by atoms with E-state index in [-0.39, 0.29) is 6.42 Å². The van der Waals surface area contributed by atoms with E-state index in [9.17, 15) is 4.79 Å². The summed E-state index contributed by atoms with van der Waals surface area (Å²) in [6, 6.07) is 5.73. The van der Waals surface area contributed by atoms with E-state index in [0.29, 0.717) is 6.42 Å². The van der Waals surface area contributed by atoms with Crippen molar-refractivity contribution in [1.82, 2.24) is 4.98 Å². The smallest absolute Gasteiger partial charge is 0.303 e. The maximum Gasteiger partial charge on any atom is 0.303 e. The Hall–Kier alpha value is -2.21. The van der Waals surface area contributed by atoms with E-state index in [0.717, 1.165) is 27.7 Å². The standard InChI is InChI=1S/C14H13NO2/c1-3-10-4-5-12-11(6-7-14(16)17)9(2)15-13(12)8-10/h1,4-5,8,15H,6-7H2,2H3,(H,16,17). The first-order chi connectivity index (χ1) is 8.11. The zero-order valence-corrected chi connectivity index (χ0v) is 9.58. The summed E-state index contributed by atoms with van der Waals surface area (Å²) in [5, 5.41) is 9.78. The van der Waals surface area contributed by atoms with Gasteiger partial charge >= 0.3 is 5.97 Å². The van der Waals surface area contributed by atoms with E-state index in [1.165, 1.54) is 0 Å². The third kappa shape index (κ3) is 2.16. The van der Waals surface area contributed by atoms with Gasteiger partial charge in [0.15, 0.2) is 0 Å². The summed E-state index contributed by atoms with van der Waals surface area (Å²) in [5.74, 6) is 1.81. The van der Waals surface area contributed by atoms with Crippen LogP contribution in [0.1, 0.15) is 23.2 Å². The van der Waals surface area contributed by atoms with E-state index >= 15 is 0 Å². The number of fused-ring (bicyclic) bond motifs is 1. The number of aliphatic carboxylic acids is 1. The van der Waals surface area contributed by atoms with Crippen LogP contribution in [-0.2, 0) is 11.2 Å². The quantitative estimate of drug-likeness (QED) is 0.791. The number of carboxylic acid groups (broad SMARTS) is 1. The van der Waals surface area contributed by atoms with Crippen molar-refractivity contribution < 1.29 is 9.90 Å². The van der Waals surface area contributed by atoms with Gasteiger partial charge in [0.05, 0.1) is 0 Å². The first-order valence-electron chi connectivity index (χ1n) is 5.41. The number of hydrogen-bond donors (Lipinski definition) is 2. The van der Waals surface area contributed by atoms with Crippen LogP contribution in [0.25, 0.3) is 10.9 Å². The Morgan fingerprint density at radius 3 is 2.94 bits per heavy atom. The monoisotopic (exact) mass is 227 g/mol. The molecule has 1 aromatic heterocycles. The van der Waals surface area contributed by atoms with Gasteiger partial charge in [-0.05, 0) is 31.0 Å². The number of carboxylic acids is 1. The van der Waals surface area contributed by atoms with Gasteiger partial charge in [-0.3, -0.25) is 4.79 Å². The highest BCUT2D eigenvalue weighted by atomic mass is 16.4. The molecule has 0 atom stereocenters. The fourth-order valence-corrected chi connectivity index (χ4v) is 2.03. The van der Waals surface area contributed by atoms with Crippen LogP contribution in [0.4, 0.5) is 0 Å². The maximum absolute atomic E-state index is 10.6. The van der Waals surface area contributed by atoms with Crippen LogP contribution in [0.3, 0.4) is 0 Å². The van der Waals surface area contributed by atoms with Crippen molar-refractivity contribution in [1.29, 1.82) is 0 Å². The lowest BCUT2D eigenvalue weighted by molar-refractivity contribution is -0.136. The molecule has 1 heterocycles. The molecule has 86 valence electrons. The van der Waals surface area contributed by atoms with Crippen molar-refractivity contribution in [3.8, 4) is 12.3 Å². The predicted molar refractivity (Wildman–Crippen MR) is 66.9 cm³/mol. The van der Waals surface area contributed by atoms with Gasteiger partial charge < -0.3 is 10.1 Å². The van der Waals surface area contributed by atoms with Crippen molar-refractivity contribution in [2.45, 2.75) is 19.8 Å². The van der Waals surface area contributed by atoms with Crippen molar-refractivity contribution in [3.05, 3.63) is 35.0 Å². The van der Waals surface area contributed by atoms with Gasteiger partial charge in [-0.2, -0.15) is 0 Å². The summed E-state index contributed by atoms with van der Waals surface area (Å²) in [4.78, 5) is 13.8. The van der Waals surface area contributed by atoms with Gasteiger partial charge in [0.2, 0.25) is 0 Å². The van der Waals surface area contributed by atoms with Crippen LogP contribution >= 0.6 is 0 Å². The van der Waals surface area contributed by atoms with Crippen LogP contribution < -0.4 is 0 Å². The molecule has 3 nitrogen and oxygen atoms in total. The molecule has 17 heavy (non-hydrogen) atoms. The maximum atomic E-state index is 10.6. The highest BCUT2D eigenvalue weighted by Gasteiger charge is 2.10. The molecule has 0 unspecified atom stereocenters. The van der Waals surface area contributed by atoms with Gasteiger partial charge in [0.25, 0.3) is 0 Å². The van der Waals surface area contributed by atoms with E-state index in [4.69, 9.17) is 11.5 Å². The van der Waals surface area contributed by atoms with Gasteiger partial charge in [0, 0.05) is 28.6 Å². The molecule has 2 aromatic rings. The first-order valence-corrected chi connectivity index (χ1v) is 5.41. The van der Waals surface area contributed by atoms with Crippen LogP contribution in [0.2, 0.25) is 0 Å². The zero-order valence-electron chi connectivity index (χ0n) is 9.58. The lowest BCUT2D eigenvalue weighted by Gasteiger charge is -1.98. The first kappa shape index (κ1) is 11.3. The largest absolute Gasteiger partial charge is 0.481 e. The summed E-state index contributed by atoms with van der Waals surface area (Å²) >= 11 is 0. The second-order valence-corrected chi connectivity index (χ2v) is 4.03. The average molecular weight is 227 g/mol. The normalized spacial score (nSPS) is 10.4. The number of nitrogens with one attached hydrogen (secondary N) is 1. The number of H-pyrrole nitrogens is 1. The summed E-state index contributed by atoms with van der Waals surface area (Å²) in [5.41, 5.74) is 3.86. The molecule has 0 saturated heterocycles. The van der Waals surface area contributed by atoms with Crippen molar-refractivity contribution in [2.24, 2.45) is 0 Å². The lowest BCUT2D eigenvalue weighted by atomic mass is 10.0. The number of rotatable bonds is 3. The SMILES string of the molecule is C#Cc1ccc2c(CCC(=O)O)c(C)[nH]c2c1. The highest BCUT2D eigenvalue weighted by molar-refractivity contribution is 5.86. The van der Waals surface area contributed by atoms with Gasteiger partial charge in [0.1, 0.15) is 0 Å². The van der Waals surface area contributed by atoms with Crippen molar-refractivity contribution >= 4 is 16.9 Å². The topological polar surface area (TPSA) is 53.1 Å². The van der Waals surface area contributed by atoms with Gasteiger partial charge in [-0.15, -0.1) is 6.42 Å². The average Bonchev–Trinajstić information content (AvgIpc) is 2.60. The van der Waals surface area contributed by atoms with Crippen LogP contribution in [0.5, 0.6) is 0 Å². The van der Waals surface area contributed by atoms with Gasteiger partial charge in [-0.25, -0.2) is 0 Å². The third-order valence-electron chi connectivity index (χ3n) is 2.88. The van der Waals surface area contributed by atoms with Crippen LogP contribution in [0, 0.1) is 19.3 Å². The Kier molecular flexibility index (Phi) is 2.88. The molecule has 3 heteroatoms.